The minimum atomic E-state index is -0.474. The predicted molar refractivity (Wildman–Crippen MR) is 85.2 cm³/mol. The number of hydrogen-bond donors (Lipinski definition) is 0. The number of carbonyl (C=O) groups is 1. The Morgan fingerprint density at radius 3 is 2.14 bits per heavy atom. The number of hydrogen-bond acceptors (Lipinski definition) is 2. The zero-order chi connectivity index (χ0) is 15.1. The first-order chi connectivity index (χ1) is 10.2. The molecule has 0 saturated heterocycles. The van der Waals surface area contributed by atoms with Crippen LogP contribution >= 0.6 is 0 Å². The summed E-state index contributed by atoms with van der Waals surface area (Å²) in [7, 11) is 0. The zero-order valence-electron chi connectivity index (χ0n) is 12.7. The highest BCUT2D eigenvalue weighted by Gasteiger charge is 2.32. The molecule has 2 aromatic rings. The van der Waals surface area contributed by atoms with Gasteiger partial charge in [-0.05, 0) is 24.5 Å². The summed E-state index contributed by atoms with van der Waals surface area (Å²) in [5, 5.41) is 0. The average Bonchev–Trinajstić information content (AvgIpc) is 2.55. The lowest BCUT2D eigenvalue weighted by Gasteiger charge is -2.27. The van der Waals surface area contributed by atoms with Gasteiger partial charge in [0.05, 0.1) is 12.0 Å². The lowest BCUT2D eigenvalue weighted by molar-refractivity contribution is -0.129. The van der Waals surface area contributed by atoms with Crippen molar-refractivity contribution < 1.29 is 9.53 Å². The first-order valence-electron chi connectivity index (χ1n) is 7.37. The van der Waals surface area contributed by atoms with E-state index < -0.39 is 5.41 Å². The molecule has 0 heterocycles. The van der Waals surface area contributed by atoms with Crippen LogP contribution in [0.2, 0.25) is 0 Å². The summed E-state index contributed by atoms with van der Waals surface area (Å²) in [6.07, 6.45) is 0.768. The van der Waals surface area contributed by atoms with E-state index in [1.165, 1.54) is 0 Å². The number of carbonyl (C=O) groups excluding carboxylic acids is 1. The van der Waals surface area contributed by atoms with Gasteiger partial charge in [0, 0.05) is 0 Å². The van der Waals surface area contributed by atoms with Crippen LogP contribution in [0.3, 0.4) is 0 Å². The van der Waals surface area contributed by atoms with Crippen LogP contribution in [0.15, 0.2) is 60.7 Å². The van der Waals surface area contributed by atoms with Crippen molar-refractivity contribution >= 4 is 5.78 Å². The van der Waals surface area contributed by atoms with Gasteiger partial charge in [0.15, 0.2) is 5.78 Å². The van der Waals surface area contributed by atoms with Crippen LogP contribution < -0.4 is 0 Å². The molecule has 2 heteroatoms. The molecule has 0 fully saturated rings. The third-order valence-electron chi connectivity index (χ3n) is 4.08. The summed E-state index contributed by atoms with van der Waals surface area (Å²) in [6, 6.07) is 19.9. The second kappa shape index (κ2) is 7.19. The quantitative estimate of drug-likeness (QED) is 0.763. The fraction of sp³-hybridized carbons (Fsp3) is 0.316. The first kappa shape index (κ1) is 15.5. The second-order valence-corrected chi connectivity index (χ2v) is 5.45. The third kappa shape index (κ3) is 3.79. The molecule has 0 saturated carbocycles. The summed E-state index contributed by atoms with van der Waals surface area (Å²) in [5.74, 6) is 0.132. The minimum absolute atomic E-state index is 0.132. The lowest BCUT2D eigenvalue weighted by atomic mass is 9.76. The maximum Gasteiger partial charge on any atom is 0.168 e. The van der Waals surface area contributed by atoms with E-state index in [2.05, 4.69) is 0 Å². The highest BCUT2D eigenvalue weighted by Crippen LogP contribution is 2.28. The van der Waals surface area contributed by atoms with E-state index in [4.69, 9.17) is 4.74 Å². The number of Topliss-reactive ketones (excluding diaryl/α,β-unsaturated/α-hetero) is 1. The molecule has 110 valence electrons. The van der Waals surface area contributed by atoms with Crippen molar-refractivity contribution in [1.82, 2.24) is 0 Å². The zero-order valence-corrected chi connectivity index (χ0v) is 12.7. The van der Waals surface area contributed by atoms with Gasteiger partial charge in [-0.2, -0.15) is 0 Å². The Bertz CT molecular complexity index is 563. The molecule has 0 radical (unpaired) electrons. The van der Waals surface area contributed by atoms with E-state index in [1.807, 2.05) is 74.5 Å². The average molecular weight is 282 g/mol. The molecule has 2 rings (SSSR count). The lowest BCUT2D eigenvalue weighted by Crippen LogP contribution is -2.35. The summed E-state index contributed by atoms with van der Waals surface area (Å²) >= 11 is 0. The van der Waals surface area contributed by atoms with Crippen molar-refractivity contribution in [2.75, 3.05) is 6.61 Å². The number of ether oxygens (including phenoxy) is 1. The molecule has 0 aliphatic carbocycles. The summed E-state index contributed by atoms with van der Waals surface area (Å²) < 4.78 is 5.60. The Morgan fingerprint density at radius 2 is 1.57 bits per heavy atom. The molecule has 0 amide bonds. The van der Waals surface area contributed by atoms with E-state index in [-0.39, 0.29) is 12.4 Å². The van der Waals surface area contributed by atoms with Crippen LogP contribution in [0, 0.1) is 0 Å². The van der Waals surface area contributed by atoms with Crippen LogP contribution in [-0.2, 0) is 21.6 Å². The molecule has 0 aliphatic heterocycles. The van der Waals surface area contributed by atoms with E-state index in [1.54, 1.807) is 0 Å². The Labute approximate surface area is 126 Å². The summed E-state index contributed by atoms with van der Waals surface area (Å²) in [4.78, 5) is 12.6. The molecule has 2 aromatic carbocycles. The smallest absolute Gasteiger partial charge is 0.168 e. The molecule has 0 aromatic heterocycles. The highest BCUT2D eigenvalue weighted by molar-refractivity contribution is 5.90. The van der Waals surface area contributed by atoms with E-state index in [0.29, 0.717) is 6.61 Å². The van der Waals surface area contributed by atoms with Crippen LogP contribution in [0.4, 0.5) is 0 Å². The van der Waals surface area contributed by atoms with Crippen molar-refractivity contribution in [2.45, 2.75) is 32.3 Å². The van der Waals surface area contributed by atoms with Crippen LogP contribution in [0.25, 0.3) is 0 Å². The molecule has 0 aliphatic rings. The van der Waals surface area contributed by atoms with Crippen molar-refractivity contribution in [3.05, 3.63) is 71.8 Å². The Kier molecular flexibility index (Phi) is 5.29. The molecule has 2 nitrogen and oxygen atoms in total. The van der Waals surface area contributed by atoms with Crippen LogP contribution in [0.5, 0.6) is 0 Å². The molecular weight excluding hydrogens is 260 g/mol. The van der Waals surface area contributed by atoms with Crippen molar-refractivity contribution in [2.24, 2.45) is 0 Å². The van der Waals surface area contributed by atoms with Crippen molar-refractivity contribution in [3.8, 4) is 0 Å². The Hall–Kier alpha value is -1.93. The summed E-state index contributed by atoms with van der Waals surface area (Å²) in [5.41, 5.74) is 1.67. The predicted octanol–water partition coefficient (Wildman–Crippen LogP) is 4.14. The third-order valence-corrected chi connectivity index (χ3v) is 4.08. The van der Waals surface area contributed by atoms with Gasteiger partial charge in [-0.15, -0.1) is 0 Å². The molecule has 0 N–H and O–H groups in total. The van der Waals surface area contributed by atoms with Gasteiger partial charge in [0.25, 0.3) is 0 Å². The molecular formula is C19H22O2. The fourth-order valence-electron chi connectivity index (χ4n) is 2.36. The van der Waals surface area contributed by atoms with E-state index in [9.17, 15) is 4.79 Å². The SMILES string of the molecule is CCC(C)(C(=O)COCc1ccccc1)c1ccccc1. The van der Waals surface area contributed by atoms with E-state index >= 15 is 0 Å². The van der Waals surface area contributed by atoms with Gasteiger partial charge < -0.3 is 4.74 Å². The van der Waals surface area contributed by atoms with Gasteiger partial charge >= 0.3 is 0 Å². The minimum Gasteiger partial charge on any atom is -0.369 e. The first-order valence-corrected chi connectivity index (χ1v) is 7.37. The monoisotopic (exact) mass is 282 g/mol. The Morgan fingerprint density at radius 1 is 1.00 bits per heavy atom. The fourth-order valence-corrected chi connectivity index (χ4v) is 2.36. The largest absolute Gasteiger partial charge is 0.369 e. The van der Waals surface area contributed by atoms with Crippen molar-refractivity contribution in [1.29, 1.82) is 0 Å². The van der Waals surface area contributed by atoms with E-state index in [0.717, 1.165) is 17.5 Å². The van der Waals surface area contributed by atoms with Gasteiger partial charge in [0.1, 0.15) is 6.61 Å². The van der Waals surface area contributed by atoms with Gasteiger partial charge in [-0.1, -0.05) is 67.6 Å². The number of rotatable bonds is 7. The van der Waals surface area contributed by atoms with Gasteiger partial charge in [-0.25, -0.2) is 0 Å². The summed E-state index contributed by atoms with van der Waals surface area (Å²) in [6.45, 7) is 4.66. The van der Waals surface area contributed by atoms with Crippen molar-refractivity contribution in [3.63, 3.8) is 0 Å². The number of ketones is 1. The van der Waals surface area contributed by atoms with Crippen LogP contribution in [0.1, 0.15) is 31.4 Å². The molecule has 0 bridgehead atoms. The maximum absolute atomic E-state index is 12.6. The maximum atomic E-state index is 12.6. The second-order valence-electron chi connectivity index (χ2n) is 5.45. The number of benzene rings is 2. The highest BCUT2D eigenvalue weighted by atomic mass is 16.5. The topological polar surface area (TPSA) is 26.3 Å². The van der Waals surface area contributed by atoms with Gasteiger partial charge in [0.2, 0.25) is 0 Å². The Balaban J connectivity index is 1.98. The molecule has 0 spiro atoms. The standard InChI is InChI=1S/C19H22O2/c1-3-19(2,17-12-8-5-9-13-17)18(20)15-21-14-16-10-6-4-7-11-16/h4-13H,3,14-15H2,1-2H3. The normalized spacial score (nSPS) is 13.6. The molecule has 1 atom stereocenters. The van der Waals surface area contributed by atoms with Gasteiger partial charge in [-0.3, -0.25) is 4.79 Å². The molecule has 21 heavy (non-hydrogen) atoms. The van der Waals surface area contributed by atoms with Crippen LogP contribution in [-0.4, -0.2) is 12.4 Å². The molecule has 1 unspecified atom stereocenters.